The molecule has 1 aliphatic heterocycles. The molecule has 1 fully saturated rings. The van der Waals surface area contributed by atoms with E-state index in [0.29, 0.717) is 18.7 Å². The fraction of sp³-hybridized carbons (Fsp3) is 0.429. The van der Waals surface area contributed by atoms with Crippen molar-refractivity contribution >= 4 is 17.6 Å². The summed E-state index contributed by atoms with van der Waals surface area (Å²) in [4.78, 5) is 22.9. The summed E-state index contributed by atoms with van der Waals surface area (Å²) in [7, 11) is 0. The normalized spacial score (nSPS) is 21.6. The van der Waals surface area contributed by atoms with Gasteiger partial charge in [-0.3, -0.25) is 4.79 Å². The van der Waals surface area contributed by atoms with Gasteiger partial charge in [0, 0.05) is 18.4 Å². The minimum Gasteiger partial charge on any atom is -0.507 e. The number of aromatic hydroxyl groups is 1. The fourth-order valence-corrected chi connectivity index (χ4v) is 2.38. The summed E-state index contributed by atoms with van der Waals surface area (Å²) >= 11 is 0. The summed E-state index contributed by atoms with van der Waals surface area (Å²) in [6.45, 7) is 2.53. The average Bonchev–Trinajstić information content (AvgIpc) is 2.86. The van der Waals surface area contributed by atoms with Crippen LogP contribution < -0.4 is 5.32 Å². The fourth-order valence-electron chi connectivity index (χ4n) is 2.38. The van der Waals surface area contributed by atoms with E-state index < -0.39 is 5.97 Å². The number of benzene rings is 1. The van der Waals surface area contributed by atoms with E-state index >= 15 is 0 Å². The lowest BCUT2D eigenvalue weighted by atomic mass is 9.98. The van der Waals surface area contributed by atoms with E-state index in [4.69, 9.17) is 9.84 Å². The van der Waals surface area contributed by atoms with E-state index in [0.717, 1.165) is 6.42 Å². The Hall–Kier alpha value is -2.08. The summed E-state index contributed by atoms with van der Waals surface area (Å²) in [6, 6.07) is 3.95. The topological polar surface area (TPSA) is 95.9 Å². The minimum absolute atomic E-state index is 0.0816. The highest BCUT2D eigenvalue weighted by Gasteiger charge is 2.32. The maximum absolute atomic E-state index is 12.1. The molecule has 1 heterocycles. The average molecular weight is 279 g/mol. The number of amides is 1. The van der Waals surface area contributed by atoms with Crippen LogP contribution >= 0.6 is 0 Å². The molecule has 1 aliphatic rings. The molecular weight excluding hydrogens is 262 g/mol. The third kappa shape index (κ3) is 2.91. The van der Waals surface area contributed by atoms with Gasteiger partial charge in [-0.2, -0.15) is 0 Å². The summed E-state index contributed by atoms with van der Waals surface area (Å²) in [5, 5.41) is 21.1. The van der Waals surface area contributed by atoms with Gasteiger partial charge in [-0.1, -0.05) is 6.92 Å². The van der Waals surface area contributed by atoms with Gasteiger partial charge in [-0.05, 0) is 25.0 Å². The summed E-state index contributed by atoms with van der Waals surface area (Å²) in [5.74, 6) is -1.96. The van der Waals surface area contributed by atoms with Gasteiger partial charge in [-0.15, -0.1) is 0 Å². The van der Waals surface area contributed by atoms with Crippen molar-refractivity contribution in [3.05, 3.63) is 23.8 Å². The quantitative estimate of drug-likeness (QED) is 0.781. The molecule has 1 amide bonds. The van der Waals surface area contributed by atoms with Crippen molar-refractivity contribution in [2.45, 2.75) is 25.9 Å². The third-order valence-electron chi connectivity index (χ3n) is 3.44. The number of carbonyl (C=O) groups excluding carboxylic acids is 1. The number of hydrogen-bond donors (Lipinski definition) is 3. The van der Waals surface area contributed by atoms with Crippen molar-refractivity contribution in [3.8, 4) is 5.75 Å². The predicted octanol–water partition coefficient (Wildman–Crippen LogP) is 1.84. The SMILES string of the molecule is CCC1OCCC1C(=O)Nc1ccc(C(=O)O)c(O)c1. The largest absolute Gasteiger partial charge is 0.507 e. The molecule has 108 valence electrons. The molecule has 0 aromatic heterocycles. The Labute approximate surface area is 116 Å². The van der Waals surface area contributed by atoms with Crippen LogP contribution in [0.2, 0.25) is 0 Å². The van der Waals surface area contributed by atoms with E-state index in [1.54, 1.807) is 0 Å². The first-order valence-corrected chi connectivity index (χ1v) is 6.51. The molecule has 3 N–H and O–H groups in total. The molecule has 1 aromatic rings. The van der Waals surface area contributed by atoms with Crippen LogP contribution in [-0.2, 0) is 9.53 Å². The summed E-state index contributed by atoms with van der Waals surface area (Å²) in [5.41, 5.74) is 0.179. The molecule has 6 nitrogen and oxygen atoms in total. The third-order valence-corrected chi connectivity index (χ3v) is 3.44. The maximum atomic E-state index is 12.1. The number of nitrogens with one attached hydrogen (secondary N) is 1. The van der Waals surface area contributed by atoms with Crippen molar-refractivity contribution < 1.29 is 24.5 Å². The van der Waals surface area contributed by atoms with Crippen LogP contribution in [0.25, 0.3) is 0 Å². The molecule has 0 bridgehead atoms. The van der Waals surface area contributed by atoms with Gasteiger partial charge in [-0.25, -0.2) is 4.79 Å². The monoisotopic (exact) mass is 279 g/mol. The number of carbonyl (C=O) groups is 2. The molecular formula is C14H17NO5. The zero-order valence-electron chi connectivity index (χ0n) is 11.1. The molecule has 20 heavy (non-hydrogen) atoms. The van der Waals surface area contributed by atoms with Gasteiger partial charge in [0.25, 0.3) is 0 Å². The van der Waals surface area contributed by atoms with E-state index in [-0.39, 0.29) is 29.2 Å². The molecule has 2 atom stereocenters. The second-order valence-corrected chi connectivity index (χ2v) is 4.74. The maximum Gasteiger partial charge on any atom is 0.339 e. The number of anilines is 1. The number of hydrogen-bond acceptors (Lipinski definition) is 4. The second kappa shape index (κ2) is 5.92. The molecule has 2 rings (SSSR count). The number of rotatable bonds is 4. The highest BCUT2D eigenvalue weighted by atomic mass is 16.5. The minimum atomic E-state index is -1.21. The standard InChI is InChI=1S/C14H17NO5/c1-2-12-10(5-6-20-12)13(17)15-8-3-4-9(14(18)19)11(16)7-8/h3-4,7,10,12,16H,2,5-6H2,1H3,(H,15,17)(H,18,19). The lowest BCUT2D eigenvalue weighted by Crippen LogP contribution is -2.29. The lowest BCUT2D eigenvalue weighted by Gasteiger charge is -2.16. The van der Waals surface area contributed by atoms with Crippen LogP contribution in [0.15, 0.2) is 18.2 Å². The molecule has 2 unspecified atom stereocenters. The Kier molecular flexibility index (Phi) is 4.24. The van der Waals surface area contributed by atoms with Crippen molar-refractivity contribution in [1.82, 2.24) is 0 Å². The predicted molar refractivity (Wildman–Crippen MR) is 71.8 cm³/mol. The number of carboxylic acid groups (broad SMARTS) is 1. The van der Waals surface area contributed by atoms with Crippen molar-refractivity contribution in [2.75, 3.05) is 11.9 Å². The molecule has 1 saturated heterocycles. The van der Waals surface area contributed by atoms with Gasteiger partial charge in [0.1, 0.15) is 11.3 Å². The number of carboxylic acids is 1. The highest BCUT2D eigenvalue weighted by molar-refractivity contribution is 5.95. The zero-order chi connectivity index (χ0) is 14.7. The molecule has 1 aromatic carbocycles. The van der Waals surface area contributed by atoms with E-state index in [2.05, 4.69) is 5.32 Å². The van der Waals surface area contributed by atoms with Gasteiger partial charge in [0.05, 0.1) is 12.0 Å². The molecule has 6 heteroatoms. The Morgan fingerprint density at radius 2 is 2.20 bits per heavy atom. The van der Waals surface area contributed by atoms with Crippen molar-refractivity contribution in [2.24, 2.45) is 5.92 Å². The van der Waals surface area contributed by atoms with Crippen molar-refractivity contribution in [1.29, 1.82) is 0 Å². The van der Waals surface area contributed by atoms with Crippen LogP contribution in [-0.4, -0.2) is 34.8 Å². The molecule has 0 saturated carbocycles. The zero-order valence-corrected chi connectivity index (χ0v) is 11.1. The number of phenols is 1. The second-order valence-electron chi connectivity index (χ2n) is 4.74. The van der Waals surface area contributed by atoms with E-state index in [9.17, 15) is 14.7 Å². The van der Waals surface area contributed by atoms with Crippen LogP contribution in [0.4, 0.5) is 5.69 Å². The smallest absolute Gasteiger partial charge is 0.339 e. The van der Waals surface area contributed by atoms with Gasteiger partial charge in [0.15, 0.2) is 0 Å². The Morgan fingerprint density at radius 1 is 1.45 bits per heavy atom. The van der Waals surface area contributed by atoms with Gasteiger partial charge < -0.3 is 20.3 Å². The van der Waals surface area contributed by atoms with E-state index in [1.165, 1.54) is 18.2 Å². The van der Waals surface area contributed by atoms with Gasteiger partial charge in [0.2, 0.25) is 5.91 Å². The number of aromatic carboxylic acids is 1. The van der Waals surface area contributed by atoms with Crippen LogP contribution in [0, 0.1) is 5.92 Å². The van der Waals surface area contributed by atoms with Crippen LogP contribution in [0.3, 0.4) is 0 Å². The molecule has 0 spiro atoms. The van der Waals surface area contributed by atoms with Crippen LogP contribution in [0.1, 0.15) is 30.1 Å². The van der Waals surface area contributed by atoms with Gasteiger partial charge >= 0.3 is 5.97 Å². The van der Waals surface area contributed by atoms with Crippen molar-refractivity contribution in [3.63, 3.8) is 0 Å². The van der Waals surface area contributed by atoms with Crippen LogP contribution in [0.5, 0.6) is 5.75 Å². The first-order valence-electron chi connectivity index (χ1n) is 6.51. The highest BCUT2D eigenvalue weighted by Crippen LogP contribution is 2.26. The first-order chi connectivity index (χ1) is 9.52. The Balaban J connectivity index is 2.08. The molecule has 0 radical (unpaired) electrons. The molecule has 0 aliphatic carbocycles. The first kappa shape index (κ1) is 14.3. The summed E-state index contributed by atoms with van der Waals surface area (Å²) in [6.07, 6.45) is 1.35. The summed E-state index contributed by atoms with van der Waals surface area (Å²) < 4.78 is 5.46. The lowest BCUT2D eigenvalue weighted by molar-refractivity contribution is -0.121. The Morgan fingerprint density at radius 3 is 2.80 bits per heavy atom. The van der Waals surface area contributed by atoms with E-state index in [1.807, 2.05) is 6.92 Å². The number of ether oxygens (including phenoxy) is 1. The Bertz CT molecular complexity index is 528.